The molecule has 1 aromatic carbocycles. The summed E-state index contributed by atoms with van der Waals surface area (Å²) in [6.45, 7) is 2.15. The van der Waals surface area contributed by atoms with E-state index in [9.17, 15) is 0 Å². The normalized spacial score (nSPS) is 10.8. The highest BCUT2D eigenvalue weighted by atomic mass is 35.5. The lowest BCUT2D eigenvalue weighted by Crippen LogP contribution is -2.19. The molecular weight excluding hydrogens is 276 g/mol. The standard InChI is InChI=1S/C15H19ClN2O2/c1-18(2)8-9-19-13-5-3-4-12(10-13)17-11-14-6-7-15(16)20-14/h3-7,10,17H,8-9,11H2,1-2H3. The molecule has 0 amide bonds. The molecule has 1 aromatic heterocycles. The molecule has 5 heteroatoms. The van der Waals surface area contributed by atoms with Gasteiger partial charge in [0.2, 0.25) is 0 Å². The monoisotopic (exact) mass is 294 g/mol. The number of halogens is 1. The van der Waals surface area contributed by atoms with Crippen LogP contribution in [0, 0.1) is 0 Å². The highest BCUT2D eigenvalue weighted by Crippen LogP contribution is 2.19. The Balaban J connectivity index is 1.85. The van der Waals surface area contributed by atoms with Crippen molar-refractivity contribution in [3.8, 4) is 5.75 Å². The van der Waals surface area contributed by atoms with Crippen molar-refractivity contribution in [2.45, 2.75) is 6.54 Å². The Morgan fingerprint density at radius 1 is 1.25 bits per heavy atom. The van der Waals surface area contributed by atoms with Gasteiger partial charge in [0.25, 0.3) is 0 Å². The Bertz CT molecular complexity index is 540. The van der Waals surface area contributed by atoms with E-state index in [1.54, 1.807) is 6.07 Å². The second-order valence-electron chi connectivity index (χ2n) is 4.74. The molecule has 0 bridgehead atoms. The average molecular weight is 295 g/mol. The van der Waals surface area contributed by atoms with E-state index in [4.69, 9.17) is 20.8 Å². The van der Waals surface area contributed by atoms with Crippen molar-refractivity contribution < 1.29 is 9.15 Å². The molecule has 20 heavy (non-hydrogen) atoms. The van der Waals surface area contributed by atoms with Gasteiger partial charge in [0, 0.05) is 18.3 Å². The lowest BCUT2D eigenvalue weighted by Gasteiger charge is -2.12. The molecule has 0 aliphatic carbocycles. The smallest absolute Gasteiger partial charge is 0.193 e. The third-order valence-electron chi connectivity index (χ3n) is 2.74. The third-order valence-corrected chi connectivity index (χ3v) is 2.94. The van der Waals surface area contributed by atoms with Gasteiger partial charge in [-0.05, 0) is 50.0 Å². The fourth-order valence-corrected chi connectivity index (χ4v) is 1.84. The van der Waals surface area contributed by atoms with Crippen molar-refractivity contribution >= 4 is 17.3 Å². The summed E-state index contributed by atoms with van der Waals surface area (Å²) in [6, 6.07) is 11.5. The van der Waals surface area contributed by atoms with Crippen LogP contribution < -0.4 is 10.1 Å². The Morgan fingerprint density at radius 2 is 2.10 bits per heavy atom. The number of furan rings is 1. The maximum absolute atomic E-state index is 5.73. The fourth-order valence-electron chi connectivity index (χ4n) is 1.68. The second-order valence-corrected chi connectivity index (χ2v) is 5.11. The van der Waals surface area contributed by atoms with E-state index in [0.717, 1.165) is 23.7 Å². The molecule has 0 fully saturated rings. The number of ether oxygens (including phenoxy) is 1. The van der Waals surface area contributed by atoms with Crippen LogP contribution in [0.3, 0.4) is 0 Å². The van der Waals surface area contributed by atoms with Crippen molar-refractivity contribution in [1.82, 2.24) is 4.90 Å². The van der Waals surface area contributed by atoms with E-state index in [1.165, 1.54) is 0 Å². The lowest BCUT2D eigenvalue weighted by atomic mass is 10.3. The van der Waals surface area contributed by atoms with E-state index in [1.807, 2.05) is 44.4 Å². The first-order valence-corrected chi connectivity index (χ1v) is 6.87. The van der Waals surface area contributed by atoms with Crippen molar-refractivity contribution in [3.05, 3.63) is 47.4 Å². The predicted octanol–water partition coefficient (Wildman–Crippen LogP) is 3.49. The van der Waals surface area contributed by atoms with Crippen LogP contribution in [0.25, 0.3) is 0 Å². The zero-order chi connectivity index (χ0) is 14.4. The summed E-state index contributed by atoms with van der Waals surface area (Å²) in [7, 11) is 4.05. The van der Waals surface area contributed by atoms with Crippen LogP contribution in [0.4, 0.5) is 5.69 Å². The molecule has 108 valence electrons. The van der Waals surface area contributed by atoms with Gasteiger partial charge in [-0.2, -0.15) is 0 Å². The summed E-state index contributed by atoms with van der Waals surface area (Å²) in [5, 5.41) is 3.68. The molecule has 0 unspecified atom stereocenters. The third kappa shape index (κ3) is 4.79. The van der Waals surface area contributed by atoms with Crippen LogP contribution in [0.5, 0.6) is 5.75 Å². The molecule has 0 saturated heterocycles. The van der Waals surface area contributed by atoms with Crippen LogP contribution in [0.15, 0.2) is 40.8 Å². The molecule has 0 saturated carbocycles. The number of likely N-dealkylation sites (N-methyl/N-ethyl adjacent to an activating group) is 1. The van der Waals surface area contributed by atoms with Gasteiger partial charge < -0.3 is 19.4 Å². The molecule has 0 aliphatic rings. The summed E-state index contributed by atoms with van der Waals surface area (Å²) in [6.07, 6.45) is 0. The summed E-state index contributed by atoms with van der Waals surface area (Å²) in [4.78, 5) is 2.09. The number of nitrogens with zero attached hydrogens (tertiary/aromatic N) is 1. The Kier molecular flexibility index (Phi) is 5.32. The number of hydrogen-bond acceptors (Lipinski definition) is 4. The van der Waals surface area contributed by atoms with Gasteiger partial charge in [-0.1, -0.05) is 6.07 Å². The molecule has 2 aromatic rings. The number of nitrogens with one attached hydrogen (secondary N) is 1. The number of anilines is 1. The van der Waals surface area contributed by atoms with Crippen LogP contribution in [-0.2, 0) is 6.54 Å². The van der Waals surface area contributed by atoms with Crippen LogP contribution in [-0.4, -0.2) is 32.1 Å². The lowest BCUT2D eigenvalue weighted by molar-refractivity contribution is 0.261. The van der Waals surface area contributed by atoms with Crippen LogP contribution in [0.2, 0.25) is 5.22 Å². The molecule has 1 N–H and O–H groups in total. The molecule has 0 spiro atoms. The second kappa shape index (κ2) is 7.22. The van der Waals surface area contributed by atoms with Gasteiger partial charge in [-0.3, -0.25) is 0 Å². The van der Waals surface area contributed by atoms with E-state index < -0.39 is 0 Å². The molecule has 0 atom stereocenters. The highest BCUT2D eigenvalue weighted by Gasteiger charge is 2.01. The molecule has 2 rings (SSSR count). The number of rotatable bonds is 7. The summed E-state index contributed by atoms with van der Waals surface area (Å²) in [5.41, 5.74) is 0.986. The van der Waals surface area contributed by atoms with Crippen molar-refractivity contribution in [2.75, 3.05) is 32.6 Å². The van der Waals surface area contributed by atoms with Crippen molar-refractivity contribution in [1.29, 1.82) is 0 Å². The topological polar surface area (TPSA) is 37.6 Å². The molecule has 1 heterocycles. The van der Waals surface area contributed by atoms with Gasteiger partial charge >= 0.3 is 0 Å². The zero-order valence-corrected chi connectivity index (χ0v) is 12.5. The van der Waals surface area contributed by atoms with Gasteiger partial charge in [-0.15, -0.1) is 0 Å². The predicted molar refractivity (Wildman–Crippen MR) is 81.5 cm³/mol. The van der Waals surface area contributed by atoms with Crippen molar-refractivity contribution in [2.24, 2.45) is 0 Å². The van der Waals surface area contributed by atoms with E-state index >= 15 is 0 Å². The Labute approximate surface area is 124 Å². The first-order chi connectivity index (χ1) is 9.63. The maximum Gasteiger partial charge on any atom is 0.193 e. The van der Waals surface area contributed by atoms with Crippen LogP contribution >= 0.6 is 11.6 Å². The first kappa shape index (κ1) is 14.8. The SMILES string of the molecule is CN(C)CCOc1cccc(NCc2ccc(Cl)o2)c1. The summed E-state index contributed by atoms with van der Waals surface area (Å²) >= 11 is 5.73. The van der Waals surface area contributed by atoms with E-state index in [2.05, 4.69) is 10.2 Å². The van der Waals surface area contributed by atoms with Crippen molar-refractivity contribution in [3.63, 3.8) is 0 Å². The van der Waals surface area contributed by atoms with Gasteiger partial charge in [0.15, 0.2) is 5.22 Å². The summed E-state index contributed by atoms with van der Waals surface area (Å²) < 4.78 is 11.0. The largest absolute Gasteiger partial charge is 0.492 e. The minimum Gasteiger partial charge on any atom is -0.492 e. The Hall–Kier alpha value is -1.65. The summed E-state index contributed by atoms with van der Waals surface area (Å²) in [5.74, 6) is 1.66. The molecule has 4 nitrogen and oxygen atoms in total. The molecule has 0 radical (unpaired) electrons. The Morgan fingerprint density at radius 3 is 2.80 bits per heavy atom. The van der Waals surface area contributed by atoms with Gasteiger partial charge in [0.05, 0.1) is 6.54 Å². The van der Waals surface area contributed by atoms with Gasteiger partial charge in [-0.25, -0.2) is 0 Å². The molecule has 0 aliphatic heterocycles. The van der Waals surface area contributed by atoms with Gasteiger partial charge in [0.1, 0.15) is 18.1 Å². The average Bonchev–Trinajstić information content (AvgIpc) is 2.82. The fraction of sp³-hybridized carbons (Fsp3) is 0.333. The minimum atomic E-state index is 0.405. The minimum absolute atomic E-state index is 0.405. The number of hydrogen-bond donors (Lipinski definition) is 1. The van der Waals surface area contributed by atoms with Crippen LogP contribution in [0.1, 0.15) is 5.76 Å². The maximum atomic E-state index is 5.73. The highest BCUT2D eigenvalue weighted by molar-refractivity contribution is 6.28. The zero-order valence-electron chi connectivity index (χ0n) is 11.7. The first-order valence-electron chi connectivity index (χ1n) is 6.49. The number of benzene rings is 1. The van der Waals surface area contributed by atoms with E-state index in [0.29, 0.717) is 18.4 Å². The molecular formula is C15H19ClN2O2. The quantitative estimate of drug-likeness (QED) is 0.848. The van der Waals surface area contributed by atoms with E-state index in [-0.39, 0.29) is 0 Å².